The molecule has 25 heavy (non-hydrogen) atoms. The first-order chi connectivity index (χ1) is 11.7. The van der Waals surface area contributed by atoms with Crippen LogP contribution in [0.1, 0.15) is 12.8 Å². The van der Waals surface area contributed by atoms with Crippen molar-refractivity contribution < 1.29 is 22.4 Å². The Bertz CT molecular complexity index is 675. The third-order valence-corrected chi connectivity index (χ3v) is 4.59. The number of halogens is 1. The monoisotopic (exact) mass is 373 g/mol. The second kappa shape index (κ2) is 10.1. The van der Waals surface area contributed by atoms with Crippen molar-refractivity contribution >= 4 is 27.3 Å². The van der Waals surface area contributed by atoms with Crippen LogP contribution in [0.4, 0.5) is 10.1 Å². The highest BCUT2D eigenvalue weighted by molar-refractivity contribution is 7.92. The molecule has 2 amide bonds. The van der Waals surface area contributed by atoms with E-state index in [1.807, 2.05) is 19.0 Å². The highest BCUT2D eigenvalue weighted by Gasteiger charge is 2.20. The Kier molecular flexibility index (Phi) is 8.50. The molecule has 0 heterocycles. The number of carbonyl (C=O) groups is 2. The number of anilines is 1. The molecule has 0 atom stereocenters. The van der Waals surface area contributed by atoms with E-state index in [1.54, 1.807) is 0 Å². The first-order valence-corrected chi connectivity index (χ1v) is 9.67. The Morgan fingerprint density at radius 1 is 1.04 bits per heavy atom. The number of nitrogens with zero attached hydrogens (tertiary/aromatic N) is 1. The molecule has 9 heteroatoms. The molecule has 0 spiro atoms. The molecule has 1 aromatic rings. The molecule has 0 aliphatic carbocycles. The number of amides is 2. The largest absolute Gasteiger partial charge is 0.355 e. The lowest BCUT2D eigenvalue weighted by molar-refractivity contribution is -0.118. The van der Waals surface area contributed by atoms with Crippen LogP contribution in [-0.4, -0.2) is 63.8 Å². The van der Waals surface area contributed by atoms with E-state index in [0.29, 0.717) is 6.54 Å². The van der Waals surface area contributed by atoms with Gasteiger partial charge in [-0.25, -0.2) is 12.8 Å². The van der Waals surface area contributed by atoms with Crippen molar-refractivity contribution in [3.63, 3.8) is 0 Å². The van der Waals surface area contributed by atoms with E-state index >= 15 is 0 Å². The van der Waals surface area contributed by atoms with Gasteiger partial charge in [0.1, 0.15) is 17.3 Å². The molecule has 0 radical (unpaired) electrons. The molecule has 0 saturated heterocycles. The normalized spacial score (nSPS) is 11.4. The standard InChI is InChI=1S/C16H24FN3O4S/c1-20(2)10-4-3-9-18-15(21)11-25(23,24)12-16(22)19-14-7-5-13(17)6-8-14/h5-8H,3-4,9-12H2,1-2H3,(H,18,21)(H,19,22). The quantitative estimate of drug-likeness (QED) is 0.587. The number of benzene rings is 1. The van der Waals surface area contributed by atoms with Crippen LogP contribution >= 0.6 is 0 Å². The number of unbranched alkanes of at least 4 members (excludes halogenated alkanes) is 1. The van der Waals surface area contributed by atoms with Crippen LogP contribution in [0.15, 0.2) is 24.3 Å². The molecular formula is C16H24FN3O4S. The minimum Gasteiger partial charge on any atom is -0.355 e. The molecule has 0 aliphatic heterocycles. The molecule has 0 aromatic heterocycles. The molecular weight excluding hydrogens is 349 g/mol. The number of hydrogen-bond donors (Lipinski definition) is 2. The lowest BCUT2D eigenvalue weighted by atomic mass is 10.3. The van der Waals surface area contributed by atoms with E-state index in [1.165, 1.54) is 12.1 Å². The van der Waals surface area contributed by atoms with Gasteiger partial charge in [0.05, 0.1) is 0 Å². The van der Waals surface area contributed by atoms with Crippen LogP contribution in [0.25, 0.3) is 0 Å². The SMILES string of the molecule is CN(C)CCCCNC(=O)CS(=O)(=O)CC(=O)Nc1ccc(F)cc1. The zero-order valence-corrected chi connectivity index (χ0v) is 15.2. The van der Waals surface area contributed by atoms with Crippen molar-refractivity contribution in [1.82, 2.24) is 10.2 Å². The predicted molar refractivity (Wildman–Crippen MR) is 94.5 cm³/mol. The van der Waals surface area contributed by atoms with Gasteiger partial charge in [-0.2, -0.15) is 0 Å². The highest BCUT2D eigenvalue weighted by atomic mass is 32.2. The first kappa shape index (κ1) is 21.0. The maximum absolute atomic E-state index is 12.8. The van der Waals surface area contributed by atoms with E-state index in [4.69, 9.17) is 0 Å². The maximum atomic E-state index is 12.8. The van der Waals surface area contributed by atoms with Gasteiger partial charge in [0.25, 0.3) is 0 Å². The molecule has 140 valence electrons. The van der Waals surface area contributed by atoms with Gasteiger partial charge in [-0.1, -0.05) is 0 Å². The Morgan fingerprint density at radius 2 is 1.64 bits per heavy atom. The second-order valence-corrected chi connectivity index (χ2v) is 8.01. The van der Waals surface area contributed by atoms with Crippen molar-refractivity contribution in [3.05, 3.63) is 30.1 Å². The van der Waals surface area contributed by atoms with Gasteiger partial charge in [0.2, 0.25) is 11.8 Å². The number of sulfone groups is 1. The van der Waals surface area contributed by atoms with Crippen molar-refractivity contribution in [2.75, 3.05) is 44.0 Å². The van der Waals surface area contributed by atoms with Crippen molar-refractivity contribution in [3.8, 4) is 0 Å². The Hall–Kier alpha value is -2.00. The molecule has 0 saturated carbocycles. The smallest absolute Gasteiger partial charge is 0.239 e. The second-order valence-electron chi connectivity index (χ2n) is 5.95. The number of carbonyl (C=O) groups excluding carboxylic acids is 2. The Labute approximate surface area is 147 Å². The first-order valence-electron chi connectivity index (χ1n) is 7.85. The third kappa shape index (κ3) is 9.78. The average Bonchev–Trinajstić information content (AvgIpc) is 2.47. The predicted octanol–water partition coefficient (Wildman–Crippen LogP) is 0.637. The summed E-state index contributed by atoms with van der Waals surface area (Å²) in [4.78, 5) is 25.4. The fraction of sp³-hybridized carbons (Fsp3) is 0.500. The highest BCUT2D eigenvalue weighted by Crippen LogP contribution is 2.08. The summed E-state index contributed by atoms with van der Waals surface area (Å²) in [5.74, 6) is -3.41. The number of hydrogen-bond acceptors (Lipinski definition) is 5. The summed E-state index contributed by atoms with van der Waals surface area (Å²) >= 11 is 0. The van der Waals surface area contributed by atoms with Gasteiger partial charge in [-0.05, 0) is 57.7 Å². The zero-order valence-electron chi connectivity index (χ0n) is 14.4. The Balaban J connectivity index is 2.35. The lowest BCUT2D eigenvalue weighted by Gasteiger charge is -2.10. The van der Waals surface area contributed by atoms with Crippen LogP contribution in [0.3, 0.4) is 0 Å². The number of nitrogens with one attached hydrogen (secondary N) is 2. The third-order valence-electron chi connectivity index (χ3n) is 3.18. The van der Waals surface area contributed by atoms with Crippen LogP contribution in [0.5, 0.6) is 0 Å². The van der Waals surface area contributed by atoms with E-state index in [0.717, 1.165) is 31.5 Å². The van der Waals surface area contributed by atoms with Gasteiger partial charge in [-0.3, -0.25) is 9.59 Å². The summed E-state index contributed by atoms with van der Waals surface area (Å²) in [5.41, 5.74) is 0.284. The molecule has 1 rings (SSSR count). The lowest BCUT2D eigenvalue weighted by Crippen LogP contribution is -2.34. The molecule has 1 aromatic carbocycles. The van der Waals surface area contributed by atoms with Gasteiger partial charge >= 0.3 is 0 Å². The van der Waals surface area contributed by atoms with E-state index in [9.17, 15) is 22.4 Å². The van der Waals surface area contributed by atoms with E-state index < -0.39 is 39.0 Å². The summed E-state index contributed by atoms with van der Waals surface area (Å²) < 4.78 is 36.5. The van der Waals surface area contributed by atoms with Crippen molar-refractivity contribution in [1.29, 1.82) is 0 Å². The summed E-state index contributed by atoms with van der Waals surface area (Å²) in [7, 11) is 0.0223. The topological polar surface area (TPSA) is 95.6 Å². The fourth-order valence-electron chi connectivity index (χ4n) is 2.01. The van der Waals surface area contributed by atoms with Crippen LogP contribution in [0.2, 0.25) is 0 Å². The van der Waals surface area contributed by atoms with Crippen molar-refractivity contribution in [2.45, 2.75) is 12.8 Å². The molecule has 7 nitrogen and oxygen atoms in total. The average molecular weight is 373 g/mol. The fourth-order valence-corrected chi connectivity index (χ4v) is 3.09. The van der Waals surface area contributed by atoms with Gasteiger partial charge in [-0.15, -0.1) is 0 Å². The Morgan fingerprint density at radius 3 is 2.24 bits per heavy atom. The maximum Gasteiger partial charge on any atom is 0.239 e. The van der Waals surface area contributed by atoms with E-state index in [-0.39, 0.29) is 5.69 Å². The molecule has 2 N–H and O–H groups in total. The van der Waals surface area contributed by atoms with Gasteiger partial charge in [0, 0.05) is 12.2 Å². The van der Waals surface area contributed by atoms with Crippen LogP contribution < -0.4 is 10.6 Å². The number of rotatable bonds is 10. The molecule has 0 bridgehead atoms. The molecule has 0 unspecified atom stereocenters. The van der Waals surface area contributed by atoms with Gasteiger partial charge in [0.15, 0.2) is 9.84 Å². The summed E-state index contributed by atoms with van der Waals surface area (Å²) in [6.07, 6.45) is 1.63. The summed E-state index contributed by atoms with van der Waals surface area (Å²) in [5, 5.41) is 4.88. The zero-order chi connectivity index (χ0) is 18.9. The molecule has 0 fully saturated rings. The van der Waals surface area contributed by atoms with Crippen LogP contribution in [-0.2, 0) is 19.4 Å². The van der Waals surface area contributed by atoms with Crippen LogP contribution in [0, 0.1) is 5.82 Å². The summed E-state index contributed by atoms with van der Waals surface area (Å²) in [6.45, 7) is 1.28. The summed E-state index contributed by atoms with van der Waals surface area (Å²) in [6, 6.07) is 4.93. The minimum atomic E-state index is -3.87. The van der Waals surface area contributed by atoms with Gasteiger partial charge < -0.3 is 15.5 Å². The minimum absolute atomic E-state index is 0.284. The molecule has 0 aliphatic rings. The van der Waals surface area contributed by atoms with E-state index in [2.05, 4.69) is 10.6 Å². The van der Waals surface area contributed by atoms with Crippen molar-refractivity contribution in [2.24, 2.45) is 0 Å².